The number of nitrogens with zero attached hydrogens (tertiary/aromatic N) is 2. The Bertz CT molecular complexity index is 504. The lowest BCUT2D eigenvalue weighted by Crippen LogP contribution is -2.25. The molecule has 20 heavy (non-hydrogen) atoms. The van der Waals surface area contributed by atoms with Crippen molar-refractivity contribution in [3.05, 3.63) is 11.9 Å². The summed E-state index contributed by atoms with van der Waals surface area (Å²) in [6.45, 7) is 0.923. The monoisotopic (exact) mass is 275 g/mol. The van der Waals surface area contributed by atoms with Gasteiger partial charge in [0.1, 0.15) is 17.5 Å². The lowest BCUT2D eigenvalue weighted by molar-refractivity contribution is 0.0941. The molecule has 1 aliphatic carbocycles. The zero-order valence-corrected chi connectivity index (χ0v) is 11.5. The second kappa shape index (κ2) is 4.86. The number of nitrogens with two attached hydrogens (primary N) is 1. The van der Waals surface area contributed by atoms with E-state index in [9.17, 15) is 0 Å². The summed E-state index contributed by atoms with van der Waals surface area (Å²) < 4.78 is 5.89. The van der Waals surface area contributed by atoms with Gasteiger partial charge in [0.15, 0.2) is 0 Å². The quantitative estimate of drug-likeness (QED) is 0.559. The maximum absolute atomic E-state index is 5.89. The van der Waals surface area contributed by atoms with Gasteiger partial charge in [0.05, 0.1) is 12.2 Å². The van der Waals surface area contributed by atoms with Crippen molar-refractivity contribution in [3.8, 4) is 0 Å². The summed E-state index contributed by atoms with van der Waals surface area (Å²) in [5.74, 6) is 9.09. The molecular weight excluding hydrogens is 254 g/mol. The summed E-state index contributed by atoms with van der Waals surface area (Å²) in [6, 6.07) is 1.87. The molecule has 0 radical (unpaired) electrons. The van der Waals surface area contributed by atoms with E-state index in [1.165, 1.54) is 32.1 Å². The van der Waals surface area contributed by atoms with Gasteiger partial charge in [0.2, 0.25) is 0 Å². The topological polar surface area (TPSA) is 85.1 Å². The molecule has 3 unspecified atom stereocenters. The van der Waals surface area contributed by atoms with Crippen LogP contribution in [0.3, 0.4) is 0 Å². The minimum absolute atomic E-state index is 0.448. The summed E-state index contributed by atoms with van der Waals surface area (Å²) in [5.41, 5.74) is 2.63. The van der Waals surface area contributed by atoms with Crippen LogP contribution in [0.25, 0.3) is 0 Å². The van der Waals surface area contributed by atoms with E-state index < -0.39 is 0 Å². The van der Waals surface area contributed by atoms with E-state index in [1.807, 2.05) is 6.07 Å². The van der Waals surface area contributed by atoms with Crippen LogP contribution in [0.4, 0.5) is 11.6 Å². The fourth-order valence-corrected chi connectivity index (χ4v) is 3.35. The van der Waals surface area contributed by atoms with Crippen LogP contribution in [0.2, 0.25) is 0 Å². The molecule has 0 spiro atoms. The summed E-state index contributed by atoms with van der Waals surface area (Å²) in [6.07, 6.45) is 6.96. The van der Waals surface area contributed by atoms with Gasteiger partial charge in [-0.05, 0) is 32.1 Å². The number of fused-ring (bicyclic) bond motifs is 2. The van der Waals surface area contributed by atoms with Gasteiger partial charge in [-0.3, -0.25) is 0 Å². The number of hydrogen-bond donors (Lipinski definition) is 3. The molecule has 3 heterocycles. The molecule has 6 nitrogen and oxygen atoms in total. The Balaban J connectivity index is 1.43. The van der Waals surface area contributed by atoms with Crippen molar-refractivity contribution < 1.29 is 4.74 Å². The summed E-state index contributed by atoms with van der Waals surface area (Å²) in [4.78, 5) is 9.03. The largest absolute Gasteiger partial charge is 0.375 e. The molecule has 2 saturated heterocycles. The van der Waals surface area contributed by atoms with E-state index >= 15 is 0 Å². The van der Waals surface area contributed by atoms with Crippen LogP contribution in [0.15, 0.2) is 6.07 Å². The molecule has 3 atom stereocenters. The maximum atomic E-state index is 5.89. The molecule has 0 aromatic carbocycles. The molecule has 0 amide bonds. The number of rotatable bonds is 5. The molecule has 1 aromatic heterocycles. The number of hydrazine groups is 1. The highest BCUT2D eigenvalue weighted by molar-refractivity contribution is 5.47. The maximum Gasteiger partial charge on any atom is 0.145 e. The van der Waals surface area contributed by atoms with Crippen LogP contribution in [0, 0.1) is 5.92 Å². The standard InChI is InChI=1S/C14H21N5O/c15-19-13-6-12(17-14(18-13)8-1-2-8)16-7-9-5-10-3-4-11(9)20-10/h6,8-11H,1-5,7,15H2,(H2,16,17,18,19). The van der Waals surface area contributed by atoms with E-state index in [0.717, 1.165) is 18.2 Å². The van der Waals surface area contributed by atoms with Crippen molar-refractivity contribution in [2.45, 2.75) is 50.2 Å². The van der Waals surface area contributed by atoms with Crippen LogP contribution in [-0.4, -0.2) is 28.7 Å². The number of anilines is 2. The number of nitrogen functional groups attached to an aromatic ring is 1. The third kappa shape index (κ3) is 2.33. The molecule has 4 rings (SSSR count). The van der Waals surface area contributed by atoms with Crippen molar-refractivity contribution in [2.75, 3.05) is 17.3 Å². The molecular formula is C14H21N5O. The van der Waals surface area contributed by atoms with Crippen molar-refractivity contribution >= 4 is 11.6 Å². The molecule has 3 aliphatic rings. The fourth-order valence-electron chi connectivity index (χ4n) is 3.35. The highest BCUT2D eigenvalue weighted by atomic mass is 16.5. The van der Waals surface area contributed by atoms with Crippen molar-refractivity contribution in [2.24, 2.45) is 11.8 Å². The average molecular weight is 275 g/mol. The predicted octanol–water partition coefficient (Wildman–Crippen LogP) is 1.62. The molecule has 6 heteroatoms. The highest BCUT2D eigenvalue weighted by Crippen LogP contribution is 2.40. The zero-order chi connectivity index (χ0) is 13.5. The predicted molar refractivity (Wildman–Crippen MR) is 76.3 cm³/mol. The highest BCUT2D eigenvalue weighted by Gasteiger charge is 2.40. The van der Waals surface area contributed by atoms with Gasteiger partial charge in [-0.25, -0.2) is 15.8 Å². The molecule has 3 fully saturated rings. The van der Waals surface area contributed by atoms with Gasteiger partial charge in [0.25, 0.3) is 0 Å². The van der Waals surface area contributed by atoms with Gasteiger partial charge in [-0.15, -0.1) is 0 Å². The van der Waals surface area contributed by atoms with Crippen molar-refractivity contribution in [1.82, 2.24) is 9.97 Å². The first kappa shape index (κ1) is 12.3. The van der Waals surface area contributed by atoms with E-state index in [-0.39, 0.29) is 0 Å². The Morgan fingerprint density at radius 2 is 2.05 bits per heavy atom. The number of nitrogens with one attached hydrogen (secondary N) is 2. The fraction of sp³-hybridized carbons (Fsp3) is 0.714. The van der Waals surface area contributed by atoms with Crippen molar-refractivity contribution in [1.29, 1.82) is 0 Å². The Hall–Kier alpha value is -1.40. The summed E-state index contributed by atoms with van der Waals surface area (Å²) in [7, 11) is 0. The zero-order valence-electron chi connectivity index (χ0n) is 11.5. The molecule has 2 aliphatic heterocycles. The second-order valence-electron chi connectivity index (χ2n) is 6.17. The summed E-state index contributed by atoms with van der Waals surface area (Å²) in [5, 5.41) is 3.44. The number of aromatic nitrogens is 2. The first-order chi connectivity index (χ1) is 9.81. The minimum Gasteiger partial charge on any atom is -0.375 e. The third-order valence-corrected chi connectivity index (χ3v) is 4.61. The van der Waals surface area contributed by atoms with E-state index in [1.54, 1.807) is 0 Å². The second-order valence-corrected chi connectivity index (χ2v) is 6.17. The van der Waals surface area contributed by atoms with Gasteiger partial charge in [-0.2, -0.15) is 0 Å². The Labute approximate surface area is 118 Å². The lowest BCUT2D eigenvalue weighted by Gasteiger charge is -2.19. The van der Waals surface area contributed by atoms with Crippen LogP contribution >= 0.6 is 0 Å². The average Bonchev–Trinajstić information content (AvgIpc) is 3.14. The van der Waals surface area contributed by atoms with Gasteiger partial charge in [-0.1, -0.05) is 0 Å². The molecule has 108 valence electrons. The normalized spacial score (nSPS) is 31.6. The van der Waals surface area contributed by atoms with Gasteiger partial charge in [0, 0.05) is 24.4 Å². The van der Waals surface area contributed by atoms with Crippen LogP contribution in [-0.2, 0) is 4.74 Å². The molecule has 1 aromatic rings. The minimum atomic E-state index is 0.448. The smallest absolute Gasteiger partial charge is 0.145 e. The number of hydrogen-bond acceptors (Lipinski definition) is 6. The van der Waals surface area contributed by atoms with E-state index in [4.69, 9.17) is 10.6 Å². The first-order valence-corrected chi connectivity index (χ1v) is 7.57. The van der Waals surface area contributed by atoms with Gasteiger partial charge < -0.3 is 15.5 Å². The lowest BCUT2D eigenvalue weighted by atomic mass is 9.89. The van der Waals surface area contributed by atoms with Crippen LogP contribution < -0.4 is 16.6 Å². The third-order valence-electron chi connectivity index (χ3n) is 4.61. The van der Waals surface area contributed by atoms with Crippen LogP contribution in [0.5, 0.6) is 0 Å². The Morgan fingerprint density at radius 3 is 2.70 bits per heavy atom. The Morgan fingerprint density at radius 1 is 1.20 bits per heavy atom. The van der Waals surface area contributed by atoms with E-state index in [0.29, 0.717) is 29.9 Å². The van der Waals surface area contributed by atoms with E-state index in [2.05, 4.69) is 20.7 Å². The Kier molecular flexibility index (Phi) is 3.00. The number of ether oxygens (including phenoxy) is 1. The van der Waals surface area contributed by atoms with Crippen molar-refractivity contribution in [3.63, 3.8) is 0 Å². The summed E-state index contributed by atoms with van der Waals surface area (Å²) >= 11 is 0. The van der Waals surface area contributed by atoms with Gasteiger partial charge >= 0.3 is 0 Å². The molecule has 4 N–H and O–H groups in total. The van der Waals surface area contributed by atoms with Crippen LogP contribution in [0.1, 0.15) is 43.8 Å². The molecule has 2 bridgehead atoms. The first-order valence-electron chi connectivity index (χ1n) is 7.57. The SMILES string of the molecule is NNc1cc(NCC2CC3CCC2O3)nc(C2CC2)n1. The molecule has 1 saturated carbocycles.